The van der Waals surface area contributed by atoms with Gasteiger partial charge >= 0.3 is 5.97 Å². The summed E-state index contributed by atoms with van der Waals surface area (Å²) in [6.07, 6.45) is 0. The summed E-state index contributed by atoms with van der Waals surface area (Å²) in [6.45, 7) is 0. The lowest BCUT2D eigenvalue weighted by molar-refractivity contribution is -0.385. The number of nitro benzene ring substituents is 1. The number of carboxylic acid groups (broad SMARTS) is 1. The maximum Gasteiger partial charge on any atom is 0.349 e. The molecule has 0 aliphatic heterocycles. The van der Waals surface area contributed by atoms with Crippen LogP contribution in [0.3, 0.4) is 0 Å². The lowest BCUT2D eigenvalue weighted by Gasteiger charge is -2.02. The van der Waals surface area contributed by atoms with Crippen LogP contribution in [0.15, 0.2) is 18.2 Å². The van der Waals surface area contributed by atoms with Crippen LogP contribution in [0.1, 0.15) is 9.67 Å². The molecule has 0 saturated carbocycles. The number of carbonyl (C=O) groups is 1. The van der Waals surface area contributed by atoms with Crippen LogP contribution in [0.5, 0.6) is 10.9 Å². The lowest BCUT2D eigenvalue weighted by atomic mass is 10.3. The molecular formula is C10H4ClFN2O5S. The summed E-state index contributed by atoms with van der Waals surface area (Å²) in [7, 11) is 0. The van der Waals surface area contributed by atoms with E-state index in [-0.39, 0.29) is 21.0 Å². The van der Waals surface area contributed by atoms with Crippen molar-refractivity contribution in [1.29, 1.82) is 0 Å². The zero-order valence-electron chi connectivity index (χ0n) is 9.37. The van der Waals surface area contributed by atoms with Crippen molar-refractivity contribution >= 4 is 34.6 Å². The standard InChI is InChI=1S/C10H4ClFN2O5S/c11-8-7(9(15)16)20-10(13-8)19-6-2-1-4(14(17)18)3-5(6)12/h1-3H,(H,15,16). The molecule has 0 radical (unpaired) electrons. The molecule has 20 heavy (non-hydrogen) atoms. The molecule has 1 aromatic heterocycles. The van der Waals surface area contributed by atoms with Gasteiger partial charge in [0.05, 0.1) is 11.0 Å². The van der Waals surface area contributed by atoms with Crippen LogP contribution in [0, 0.1) is 15.9 Å². The van der Waals surface area contributed by atoms with Gasteiger partial charge in [0, 0.05) is 6.07 Å². The van der Waals surface area contributed by atoms with E-state index in [1.165, 1.54) is 0 Å². The quantitative estimate of drug-likeness (QED) is 0.685. The van der Waals surface area contributed by atoms with Gasteiger partial charge in [0.15, 0.2) is 21.6 Å². The fourth-order valence-electron chi connectivity index (χ4n) is 1.24. The number of aromatic nitrogens is 1. The molecule has 0 atom stereocenters. The van der Waals surface area contributed by atoms with Crippen molar-refractivity contribution in [1.82, 2.24) is 4.98 Å². The van der Waals surface area contributed by atoms with Gasteiger partial charge in [-0.15, -0.1) is 0 Å². The van der Waals surface area contributed by atoms with Crippen LogP contribution in [0.2, 0.25) is 5.15 Å². The number of halogens is 2. The number of benzene rings is 1. The van der Waals surface area contributed by atoms with Crippen LogP contribution in [-0.4, -0.2) is 21.0 Å². The van der Waals surface area contributed by atoms with Crippen molar-refractivity contribution in [2.75, 3.05) is 0 Å². The third-order valence-corrected chi connectivity index (χ3v) is 3.39. The number of hydrogen-bond acceptors (Lipinski definition) is 6. The molecule has 2 aromatic rings. The molecule has 7 nitrogen and oxygen atoms in total. The van der Waals surface area contributed by atoms with E-state index in [2.05, 4.69) is 4.98 Å². The molecule has 1 heterocycles. The number of rotatable bonds is 4. The largest absolute Gasteiger partial charge is 0.477 e. The van der Waals surface area contributed by atoms with Crippen molar-refractivity contribution in [3.05, 3.63) is 44.2 Å². The second-order valence-corrected chi connectivity index (χ2v) is 4.70. The van der Waals surface area contributed by atoms with Gasteiger partial charge in [-0.3, -0.25) is 10.1 Å². The van der Waals surface area contributed by atoms with Gasteiger partial charge in [-0.25, -0.2) is 9.18 Å². The monoisotopic (exact) mass is 318 g/mol. The van der Waals surface area contributed by atoms with Crippen LogP contribution in [-0.2, 0) is 0 Å². The molecule has 1 N–H and O–H groups in total. The Labute approximate surface area is 119 Å². The Morgan fingerprint density at radius 2 is 2.25 bits per heavy atom. The van der Waals surface area contributed by atoms with Crippen molar-refractivity contribution in [2.45, 2.75) is 0 Å². The Bertz CT molecular complexity index is 705. The van der Waals surface area contributed by atoms with E-state index < -0.39 is 22.4 Å². The number of nitro groups is 1. The highest BCUT2D eigenvalue weighted by atomic mass is 35.5. The highest BCUT2D eigenvalue weighted by Crippen LogP contribution is 2.33. The third-order valence-electron chi connectivity index (χ3n) is 2.08. The topological polar surface area (TPSA) is 103 Å². The Morgan fingerprint density at radius 1 is 1.55 bits per heavy atom. The highest BCUT2D eigenvalue weighted by molar-refractivity contribution is 7.15. The third kappa shape index (κ3) is 2.83. The number of carboxylic acids is 1. The summed E-state index contributed by atoms with van der Waals surface area (Å²) in [5.41, 5.74) is -0.432. The molecule has 0 unspecified atom stereocenters. The van der Waals surface area contributed by atoms with Crippen LogP contribution in [0.4, 0.5) is 10.1 Å². The molecule has 2 rings (SSSR count). The van der Waals surface area contributed by atoms with Gasteiger partial charge in [-0.1, -0.05) is 22.9 Å². The van der Waals surface area contributed by atoms with E-state index >= 15 is 0 Å². The van der Waals surface area contributed by atoms with Crippen molar-refractivity contribution in [3.63, 3.8) is 0 Å². The number of aromatic carboxylic acids is 1. The molecule has 0 amide bonds. The van der Waals surface area contributed by atoms with Gasteiger partial charge in [0.1, 0.15) is 0 Å². The van der Waals surface area contributed by atoms with Crippen molar-refractivity contribution < 1.29 is 24.0 Å². The predicted octanol–water partition coefficient (Wildman–Crippen LogP) is 3.33. The summed E-state index contributed by atoms with van der Waals surface area (Å²) < 4.78 is 18.6. The molecule has 104 valence electrons. The van der Waals surface area contributed by atoms with E-state index in [0.29, 0.717) is 17.4 Å². The average molecular weight is 319 g/mol. The minimum absolute atomic E-state index is 0.180. The first-order chi connectivity index (χ1) is 9.38. The summed E-state index contributed by atoms with van der Waals surface area (Å²) in [4.78, 5) is 23.8. The Hall–Kier alpha value is -2.26. The summed E-state index contributed by atoms with van der Waals surface area (Å²) in [5.74, 6) is -2.58. The first-order valence-electron chi connectivity index (χ1n) is 4.90. The number of hydrogen-bond donors (Lipinski definition) is 1. The average Bonchev–Trinajstić information content (AvgIpc) is 2.73. The first-order valence-corrected chi connectivity index (χ1v) is 6.09. The van der Waals surface area contributed by atoms with E-state index in [1.54, 1.807) is 0 Å². The van der Waals surface area contributed by atoms with Crippen molar-refractivity contribution in [2.24, 2.45) is 0 Å². The molecule has 0 aliphatic rings. The van der Waals surface area contributed by atoms with Crippen LogP contribution >= 0.6 is 22.9 Å². The summed E-state index contributed by atoms with van der Waals surface area (Å²) in [6, 6.07) is 2.78. The van der Waals surface area contributed by atoms with Crippen molar-refractivity contribution in [3.8, 4) is 10.9 Å². The summed E-state index contributed by atoms with van der Waals surface area (Å²) >= 11 is 6.18. The first kappa shape index (κ1) is 14.2. The van der Waals surface area contributed by atoms with Gasteiger partial charge in [-0.2, -0.15) is 4.98 Å². The second kappa shape index (κ2) is 5.39. The SMILES string of the molecule is O=C(O)c1sc(Oc2ccc([N+](=O)[O-])cc2F)nc1Cl. The molecule has 0 bridgehead atoms. The summed E-state index contributed by atoms with van der Waals surface area (Å²) in [5, 5.41) is 18.8. The number of non-ortho nitro benzene ring substituents is 1. The minimum atomic E-state index is -1.29. The smallest absolute Gasteiger partial charge is 0.349 e. The second-order valence-electron chi connectivity index (χ2n) is 3.38. The molecule has 10 heteroatoms. The van der Waals surface area contributed by atoms with Crippen LogP contribution in [0.25, 0.3) is 0 Å². The van der Waals surface area contributed by atoms with E-state index in [9.17, 15) is 19.3 Å². The van der Waals surface area contributed by atoms with Crippen LogP contribution < -0.4 is 4.74 Å². The fraction of sp³-hybridized carbons (Fsp3) is 0. The number of nitrogens with zero attached hydrogens (tertiary/aromatic N) is 2. The molecular weight excluding hydrogens is 315 g/mol. The zero-order valence-corrected chi connectivity index (χ0v) is 10.9. The molecule has 0 fully saturated rings. The lowest BCUT2D eigenvalue weighted by Crippen LogP contribution is -1.92. The highest BCUT2D eigenvalue weighted by Gasteiger charge is 2.19. The Kier molecular flexibility index (Phi) is 3.81. The number of thiazole rings is 1. The minimum Gasteiger partial charge on any atom is -0.477 e. The van der Waals surface area contributed by atoms with Gasteiger partial charge < -0.3 is 9.84 Å². The van der Waals surface area contributed by atoms with Gasteiger partial charge in [0.2, 0.25) is 0 Å². The van der Waals surface area contributed by atoms with E-state index in [4.69, 9.17) is 21.4 Å². The van der Waals surface area contributed by atoms with E-state index in [1.807, 2.05) is 0 Å². The molecule has 0 saturated heterocycles. The fourth-order valence-corrected chi connectivity index (χ4v) is 2.22. The van der Waals surface area contributed by atoms with E-state index in [0.717, 1.165) is 12.1 Å². The maximum atomic E-state index is 13.6. The zero-order chi connectivity index (χ0) is 14.9. The molecule has 0 spiro atoms. The molecule has 0 aliphatic carbocycles. The molecule has 1 aromatic carbocycles. The van der Waals surface area contributed by atoms with Gasteiger partial charge in [-0.05, 0) is 6.07 Å². The number of ether oxygens (including phenoxy) is 1. The predicted molar refractivity (Wildman–Crippen MR) is 67.2 cm³/mol. The Balaban J connectivity index is 2.28. The Morgan fingerprint density at radius 3 is 2.75 bits per heavy atom. The van der Waals surface area contributed by atoms with Gasteiger partial charge in [0.25, 0.3) is 10.9 Å². The maximum absolute atomic E-state index is 13.6. The normalized spacial score (nSPS) is 10.3.